The van der Waals surface area contributed by atoms with Crippen molar-refractivity contribution in [3.05, 3.63) is 11.3 Å². The van der Waals surface area contributed by atoms with E-state index in [4.69, 9.17) is 41.5 Å². The predicted molar refractivity (Wildman–Crippen MR) is 278 cm³/mol. The largest absolute Gasteiger partial charge is 0.437 e. The van der Waals surface area contributed by atoms with E-state index in [1.165, 1.54) is 0 Å². The minimum absolute atomic E-state index is 0.769. The third-order valence-electron chi connectivity index (χ3n) is 8.27. The molecule has 0 saturated heterocycles. The molecule has 0 amide bonds. The standard InChI is InChI=1S/C34H94O10Si13/c1-30-31-45-35-34(50(14,15)40-56(26,27)43-53(20,21)37-47(6,7)8,51(16,17)41-57(28,29)44-54(22,23)38-48(9,10)11)33(2)32-49(12,13)39-55(24,25)42-52(18,19)36-46(3,4)5/h32H,30-31,45H2,1-29H3/b33-32+. The highest BCUT2D eigenvalue weighted by Crippen LogP contribution is 2.46. The van der Waals surface area contributed by atoms with Crippen molar-refractivity contribution in [3.63, 3.8) is 0 Å². The third kappa shape index (κ3) is 22.1. The van der Waals surface area contributed by atoms with Gasteiger partial charge in [-0.15, -0.1) is 0 Å². The second-order valence-corrected chi connectivity index (χ2v) is 72.7. The molecule has 0 spiro atoms. The van der Waals surface area contributed by atoms with Crippen LogP contribution in [0.4, 0.5) is 0 Å². The van der Waals surface area contributed by atoms with Crippen molar-refractivity contribution in [1.82, 2.24) is 0 Å². The van der Waals surface area contributed by atoms with Crippen LogP contribution in [0.5, 0.6) is 0 Å². The Hall–Kier alpha value is 2.16. The highest BCUT2D eigenvalue weighted by Gasteiger charge is 2.65. The second-order valence-electron chi connectivity index (χ2n) is 23.0. The fourth-order valence-corrected chi connectivity index (χ4v) is 75.4. The zero-order valence-electron chi connectivity index (χ0n) is 42.8. The van der Waals surface area contributed by atoms with E-state index in [0.29, 0.717) is 0 Å². The lowest BCUT2D eigenvalue weighted by Crippen LogP contribution is -2.77. The Kier molecular flexibility index (Phi) is 20.9. The van der Waals surface area contributed by atoms with Gasteiger partial charge in [0.15, 0.2) is 34.7 Å². The van der Waals surface area contributed by atoms with Gasteiger partial charge in [0.25, 0.3) is 0 Å². The van der Waals surface area contributed by atoms with E-state index in [-0.39, 0.29) is 0 Å². The van der Waals surface area contributed by atoms with Gasteiger partial charge in [-0.2, -0.15) is 0 Å². The summed E-state index contributed by atoms with van der Waals surface area (Å²) in [5, 5.41) is 0. The van der Waals surface area contributed by atoms with E-state index >= 15 is 0 Å². The van der Waals surface area contributed by atoms with Gasteiger partial charge in [0.1, 0.15) is 4.85 Å². The second kappa shape index (κ2) is 20.1. The first kappa shape index (κ1) is 59.2. The van der Waals surface area contributed by atoms with Gasteiger partial charge in [0.2, 0.25) is 25.0 Å². The highest BCUT2D eigenvalue weighted by molar-refractivity contribution is 7.02. The smallest absolute Gasteiger partial charge is 0.312 e. The average Bonchev–Trinajstić information content (AvgIpc) is 2.75. The first-order valence-corrected chi connectivity index (χ1v) is 58.7. The van der Waals surface area contributed by atoms with Crippen molar-refractivity contribution in [2.75, 3.05) is 0 Å². The first-order chi connectivity index (χ1) is 24.6. The molecule has 0 unspecified atom stereocenters. The van der Waals surface area contributed by atoms with E-state index < -0.39 is 116 Å². The molecule has 0 heterocycles. The summed E-state index contributed by atoms with van der Waals surface area (Å²) in [7, 11) is -30.6. The molecule has 0 aromatic carbocycles. The molecule has 0 aliphatic carbocycles. The van der Waals surface area contributed by atoms with Gasteiger partial charge in [-0.05, 0) is 195 Å². The van der Waals surface area contributed by atoms with Crippen LogP contribution >= 0.6 is 0 Å². The lowest BCUT2D eigenvalue weighted by atomic mass is 10.4. The molecule has 23 heteroatoms. The summed E-state index contributed by atoms with van der Waals surface area (Å²) in [5.41, 5.74) is 3.59. The van der Waals surface area contributed by atoms with Crippen LogP contribution < -0.4 is 0 Å². The summed E-state index contributed by atoms with van der Waals surface area (Å²) >= 11 is 0. The molecule has 0 aliphatic heterocycles. The first-order valence-electron chi connectivity index (χ1n) is 21.2. The minimum atomic E-state index is -2.96. The van der Waals surface area contributed by atoms with Crippen LogP contribution in [0.2, 0.25) is 183 Å². The van der Waals surface area contributed by atoms with Crippen molar-refractivity contribution in [2.24, 2.45) is 0 Å². The van der Waals surface area contributed by atoms with Gasteiger partial charge in [0.05, 0.1) is 0 Å². The van der Waals surface area contributed by atoms with E-state index in [2.05, 4.69) is 196 Å². The van der Waals surface area contributed by atoms with Crippen molar-refractivity contribution in [3.8, 4) is 0 Å². The number of rotatable bonds is 26. The van der Waals surface area contributed by atoms with Crippen LogP contribution in [-0.2, 0) is 41.5 Å². The summed E-state index contributed by atoms with van der Waals surface area (Å²) in [4.78, 5) is -0.769. The molecule has 342 valence electrons. The molecule has 0 aromatic rings. The Morgan fingerprint density at radius 1 is 0.404 bits per heavy atom. The summed E-state index contributed by atoms with van der Waals surface area (Å²) in [6.45, 7) is 64.6. The SMILES string of the molecule is CCC[SiH2]OC(/C(C)=C/[Si](C)(C)O[Si](C)(C)O[Si](C)(C)O[Si](C)(C)C)([Si](C)(C)O[Si](C)(C)O[Si](C)(C)O[Si](C)(C)C)[Si](C)(C)O[Si](C)(C)O[Si](C)(C)O[Si](C)(C)C. The third-order valence-corrected chi connectivity index (χ3v) is 56.8. The van der Waals surface area contributed by atoms with Gasteiger partial charge >= 0.3 is 51.4 Å². The average molecular weight is 1030 g/mol. The van der Waals surface area contributed by atoms with E-state index in [9.17, 15) is 0 Å². The van der Waals surface area contributed by atoms with Crippen LogP contribution in [-0.4, -0.2) is 116 Å². The molecule has 0 fully saturated rings. The topological polar surface area (TPSA) is 92.3 Å². The van der Waals surface area contributed by atoms with Gasteiger partial charge < -0.3 is 41.5 Å². The van der Waals surface area contributed by atoms with E-state index in [0.717, 1.165) is 18.0 Å². The quantitative estimate of drug-likeness (QED) is 0.0616. The lowest BCUT2D eigenvalue weighted by molar-refractivity contribution is 0.207. The Morgan fingerprint density at radius 3 is 0.930 bits per heavy atom. The Morgan fingerprint density at radius 2 is 0.667 bits per heavy atom. The maximum atomic E-state index is 7.68. The molecule has 57 heavy (non-hydrogen) atoms. The maximum Gasteiger partial charge on any atom is 0.312 e. The Labute approximate surface area is 369 Å². The van der Waals surface area contributed by atoms with Crippen molar-refractivity contribution in [2.45, 2.75) is 208 Å². The number of hydrogen-bond acceptors (Lipinski definition) is 10. The lowest BCUT2D eigenvalue weighted by Gasteiger charge is -2.57. The van der Waals surface area contributed by atoms with Gasteiger partial charge in [-0.25, -0.2) is 0 Å². The minimum Gasteiger partial charge on any atom is -0.437 e. The molecule has 0 rings (SSSR count). The fraction of sp³-hybridized carbons (Fsp3) is 0.941. The van der Waals surface area contributed by atoms with E-state index in [1.54, 1.807) is 0 Å². The molecular weight excluding hydrogens is 933 g/mol. The van der Waals surface area contributed by atoms with Gasteiger partial charge in [0, 0.05) is 0 Å². The molecular formula is C34H94O10Si13. The monoisotopic (exact) mass is 1030 g/mol. The molecule has 0 N–H and O–H groups in total. The van der Waals surface area contributed by atoms with Crippen LogP contribution in [0, 0.1) is 0 Å². The van der Waals surface area contributed by atoms with Crippen molar-refractivity contribution < 1.29 is 41.5 Å². The fourth-order valence-electron chi connectivity index (χ4n) is 9.28. The molecule has 0 aromatic heterocycles. The summed E-state index contributed by atoms with van der Waals surface area (Å²) in [6.07, 6.45) is 1.07. The number of hydrogen-bond donors (Lipinski definition) is 0. The highest BCUT2D eigenvalue weighted by atomic mass is 28.5. The summed E-state index contributed by atoms with van der Waals surface area (Å²) in [6, 6.07) is 1.06. The zero-order valence-corrected chi connectivity index (χ0v) is 56.2. The molecule has 0 atom stereocenters. The van der Waals surface area contributed by atoms with Crippen LogP contribution in [0.3, 0.4) is 0 Å². The molecule has 0 saturated carbocycles. The van der Waals surface area contributed by atoms with Gasteiger partial charge in [-0.1, -0.05) is 19.0 Å². The van der Waals surface area contributed by atoms with E-state index in [1.807, 2.05) is 0 Å². The molecule has 0 bridgehead atoms. The summed E-state index contributed by atoms with van der Waals surface area (Å²) < 4.78 is 71.3. The van der Waals surface area contributed by atoms with Crippen LogP contribution in [0.25, 0.3) is 0 Å². The van der Waals surface area contributed by atoms with Crippen molar-refractivity contribution >= 4 is 111 Å². The van der Waals surface area contributed by atoms with Crippen LogP contribution in [0.1, 0.15) is 20.3 Å². The predicted octanol–water partition coefficient (Wildman–Crippen LogP) is 11.7. The zero-order chi connectivity index (χ0) is 46.0. The molecule has 10 nitrogen and oxygen atoms in total. The van der Waals surface area contributed by atoms with Gasteiger partial charge in [-0.3, -0.25) is 0 Å². The molecule has 0 radical (unpaired) electrons. The summed E-state index contributed by atoms with van der Waals surface area (Å²) in [5.74, 6) is 0. The normalized spacial score (nSPS) is 16.3. The Bertz CT molecular complexity index is 1260. The maximum absolute atomic E-state index is 7.68. The van der Waals surface area contributed by atoms with Crippen LogP contribution in [0.15, 0.2) is 11.3 Å². The van der Waals surface area contributed by atoms with Crippen molar-refractivity contribution in [1.29, 1.82) is 0 Å². The molecule has 0 aliphatic rings. The Balaban J connectivity index is 7.81.